The maximum absolute atomic E-state index is 13.4. The molecule has 0 fully saturated rings. The van der Waals surface area contributed by atoms with Crippen LogP contribution < -0.4 is 10.6 Å². The fourth-order valence-electron chi connectivity index (χ4n) is 3.53. The number of carbonyl (C=O) groups excluding carboxylic acids is 2. The van der Waals surface area contributed by atoms with Crippen molar-refractivity contribution in [1.29, 1.82) is 0 Å². The quantitative estimate of drug-likeness (QED) is 0.196. The van der Waals surface area contributed by atoms with Crippen molar-refractivity contribution in [3.8, 4) is 10.6 Å². The normalized spacial score (nSPS) is 11.6. The molecule has 0 radical (unpaired) electrons. The van der Waals surface area contributed by atoms with Crippen LogP contribution >= 0.6 is 34.4 Å². The zero-order chi connectivity index (χ0) is 25.6. The van der Waals surface area contributed by atoms with Gasteiger partial charge in [0.2, 0.25) is 5.91 Å². The van der Waals surface area contributed by atoms with E-state index in [1.54, 1.807) is 17.4 Å². The maximum atomic E-state index is 13.4. The summed E-state index contributed by atoms with van der Waals surface area (Å²) >= 11 is 4.36. The van der Waals surface area contributed by atoms with Crippen LogP contribution in [0.4, 0.5) is 15.2 Å². The number of nitrogens with one attached hydrogen (secondary N) is 2. The smallest absolute Gasteiger partial charge is 0.255 e. The van der Waals surface area contributed by atoms with Gasteiger partial charge in [0, 0.05) is 21.5 Å². The number of carbonyl (C=O) groups is 2. The number of hydrogen-bond donors (Lipinski definition) is 2. The van der Waals surface area contributed by atoms with Crippen LogP contribution in [-0.4, -0.2) is 16.8 Å². The number of aromatic nitrogens is 1. The third-order valence-corrected chi connectivity index (χ3v) is 8.20. The summed E-state index contributed by atoms with van der Waals surface area (Å²) in [5, 5.41) is 9.72. The number of halogens is 1. The van der Waals surface area contributed by atoms with Crippen molar-refractivity contribution in [2.75, 3.05) is 10.6 Å². The molecule has 2 aromatic heterocycles. The molecule has 3 aromatic carbocycles. The Labute approximate surface area is 225 Å². The van der Waals surface area contributed by atoms with E-state index in [-0.39, 0.29) is 11.8 Å². The van der Waals surface area contributed by atoms with Gasteiger partial charge in [0.1, 0.15) is 11.1 Å². The summed E-state index contributed by atoms with van der Waals surface area (Å²) in [6.45, 7) is 0. The van der Waals surface area contributed by atoms with E-state index >= 15 is 0 Å². The summed E-state index contributed by atoms with van der Waals surface area (Å²) in [7, 11) is 0. The molecule has 0 saturated carbocycles. The number of thiazole rings is 1. The molecule has 1 atom stereocenters. The molecule has 0 bridgehead atoms. The summed E-state index contributed by atoms with van der Waals surface area (Å²) in [5.41, 5.74) is 2.61. The topological polar surface area (TPSA) is 71.1 Å². The molecule has 2 heterocycles. The molecule has 2 N–H and O–H groups in total. The predicted molar refractivity (Wildman–Crippen MR) is 150 cm³/mol. The molecular formula is C28H20FN3O2S3. The molecule has 5 aromatic rings. The third kappa shape index (κ3) is 6.32. The lowest BCUT2D eigenvalue weighted by molar-refractivity contribution is -0.115. The highest BCUT2D eigenvalue weighted by Crippen LogP contribution is 2.38. The van der Waals surface area contributed by atoms with Crippen LogP contribution in [-0.2, 0) is 4.79 Å². The van der Waals surface area contributed by atoms with Gasteiger partial charge in [0.15, 0.2) is 5.13 Å². The first kappa shape index (κ1) is 24.9. The Morgan fingerprint density at radius 3 is 2.43 bits per heavy atom. The zero-order valence-corrected chi connectivity index (χ0v) is 21.7. The van der Waals surface area contributed by atoms with Gasteiger partial charge in [-0.05, 0) is 59.5 Å². The second-order valence-electron chi connectivity index (χ2n) is 7.90. The van der Waals surface area contributed by atoms with Crippen LogP contribution in [0.3, 0.4) is 0 Å². The number of amides is 2. The Morgan fingerprint density at radius 2 is 1.68 bits per heavy atom. The number of anilines is 2. The molecule has 5 rings (SSSR count). The second-order valence-corrected chi connectivity index (χ2v) is 10.9. The van der Waals surface area contributed by atoms with Crippen molar-refractivity contribution in [1.82, 2.24) is 4.98 Å². The van der Waals surface area contributed by atoms with E-state index < -0.39 is 11.1 Å². The van der Waals surface area contributed by atoms with E-state index in [0.29, 0.717) is 16.4 Å². The molecule has 0 saturated heterocycles. The molecule has 0 aliphatic carbocycles. The Bertz CT molecular complexity index is 1500. The second kappa shape index (κ2) is 11.5. The molecule has 184 valence electrons. The van der Waals surface area contributed by atoms with Crippen molar-refractivity contribution in [2.45, 2.75) is 10.1 Å². The van der Waals surface area contributed by atoms with Gasteiger partial charge in [-0.25, -0.2) is 9.37 Å². The molecule has 0 aliphatic heterocycles. The van der Waals surface area contributed by atoms with E-state index in [0.717, 1.165) is 21.0 Å². The van der Waals surface area contributed by atoms with Crippen LogP contribution in [0.25, 0.3) is 10.6 Å². The summed E-state index contributed by atoms with van der Waals surface area (Å²) in [5.74, 6) is -0.936. The van der Waals surface area contributed by atoms with Gasteiger partial charge in [0.25, 0.3) is 5.91 Å². The predicted octanol–water partition coefficient (Wildman–Crippen LogP) is 7.74. The highest BCUT2D eigenvalue weighted by Gasteiger charge is 2.23. The largest absolute Gasteiger partial charge is 0.322 e. The van der Waals surface area contributed by atoms with Crippen molar-refractivity contribution >= 4 is 57.1 Å². The van der Waals surface area contributed by atoms with Crippen molar-refractivity contribution in [3.63, 3.8) is 0 Å². The number of nitrogens with zero attached hydrogens (tertiary/aromatic N) is 1. The standard InChI is InChI=1S/C28H20FN3O2S3/c29-20-13-11-19(12-14-20)26(33)30-21-8-4-9-22(16-21)37-25(18-6-2-1-3-7-18)27(34)32-28-31-23(17-36-28)24-10-5-15-35-24/h1-17,25H,(H,30,33)(H,31,32,34). The number of benzene rings is 3. The van der Waals surface area contributed by atoms with Crippen molar-refractivity contribution in [2.24, 2.45) is 0 Å². The maximum Gasteiger partial charge on any atom is 0.255 e. The highest BCUT2D eigenvalue weighted by molar-refractivity contribution is 8.00. The first-order chi connectivity index (χ1) is 18.0. The van der Waals surface area contributed by atoms with Crippen molar-refractivity contribution in [3.05, 3.63) is 119 Å². The summed E-state index contributed by atoms with van der Waals surface area (Å²) in [6, 6.07) is 26.1. The minimum atomic E-state index is -0.543. The monoisotopic (exact) mass is 545 g/mol. The van der Waals surface area contributed by atoms with Crippen LogP contribution in [0, 0.1) is 5.82 Å². The molecule has 9 heteroatoms. The van der Waals surface area contributed by atoms with Gasteiger partial charge in [-0.1, -0.05) is 42.5 Å². The first-order valence-corrected chi connectivity index (χ1v) is 13.9. The van der Waals surface area contributed by atoms with Crippen LogP contribution in [0.15, 0.2) is 107 Å². The van der Waals surface area contributed by atoms with Gasteiger partial charge in [0.05, 0.1) is 10.6 Å². The van der Waals surface area contributed by atoms with E-state index in [2.05, 4.69) is 15.6 Å². The average molecular weight is 546 g/mol. The van der Waals surface area contributed by atoms with Crippen LogP contribution in [0.1, 0.15) is 21.2 Å². The van der Waals surface area contributed by atoms with E-state index in [4.69, 9.17) is 0 Å². The molecule has 0 aliphatic rings. The minimum Gasteiger partial charge on any atom is -0.322 e. The number of hydrogen-bond acceptors (Lipinski definition) is 6. The van der Waals surface area contributed by atoms with Crippen LogP contribution in [0.5, 0.6) is 0 Å². The fraction of sp³-hybridized carbons (Fsp3) is 0.0357. The average Bonchev–Trinajstić information content (AvgIpc) is 3.61. The SMILES string of the molecule is O=C(Nc1cccc(SC(C(=O)Nc2nc(-c3cccs3)cs2)c2ccccc2)c1)c1ccc(F)cc1. The molecule has 37 heavy (non-hydrogen) atoms. The van der Waals surface area contributed by atoms with Crippen LogP contribution in [0.2, 0.25) is 0 Å². The summed E-state index contributed by atoms with van der Waals surface area (Å²) < 4.78 is 13.2. The molecular weight excluding hydrogens is 526 g/mol. The van der Waals surface area contributed by atoms with Gasteiger partial charge in [-0.3, -0.25) is 9.59 Å². The minimum absolute atomic E-state index is 0.191. The van der Waals surface area contributed by atoms with E-state index in [9.17, 15) is 14.0 Å². The molecule has 2 amide bonds. The lowest BCUT2D eigenvalue weighted by atomic mass is 10.1. The van der Waals surface area contributed by atoms with Crippen molar-refractivity contribution < 1.29 is 14.0 Å². The Kier molecular flexibility index (Phi) is 7.74. The Morgan fingerprint density at radius 1 is 0.865 bits per heavy atom. The van der Waals surface area contributed by atoms with E-state index in [1.165, 1.54) is 47.4 Å². The van der Waals surface area contributed by atoms with Gasteiger partial charge in [-0.2, -0.15) is 0 Å². The van der Waals surface area contributed by atoms with Gasteiger partial charge in [-0.15, -0.1) is 34.4 Å². The Balaban J connectivity index is 1.33. The van der Waals surface area contributed by atoms with Gasteiger partial charge >= 0.3 is 0 Å². The highest BCUT2D eigenvalue weighted by atomic mass is 32.2. The van der Waals surface area contributed by atoms with E-state index in [1.807, 2.05) is 71.4 Å². The molecule has 5 nitrogen and oxygen atoms in total. The lowest BCUT2D eigenvalue weighted by Gasteiger charge is -2.17. The summed E-state index contributed by atoms with van der Waals surface area (Å²) in [6.07, 6.45) is 0. The molecule has 1 unspecified atom stereocenters. The number of thiophene rings is 1. The zero-order valence-electron chi connectivity index (χ0n) is 19.3. The first-order valence-electron chi connectivity index (χ1n) is 11.2. The number of thioether (sulfide) groups is 1. The summed E-state index contributed by atoms with van der Waals surface area (Å²) in [4.78, 5) is 32.4. The van der Waals surface area contributed by atoms with Gasteiger partial charge < -0.3 is 10.6 Å². The Hall–Kier alpha value is -3.79. The number of rotatable bonds is 8. The molecule has 0 spiro atoms. The third-order valence-electron chi connectivity index (χ3n) is 5.30. The fourth-order valence-corrected chi connectivity index (χ4v) is 6.09. The lowest BCUT2D eigenvalue weighted by Crippen LogP contribution is -2.19.